The smallest absolute Gasteiger partial charge is 0.326 e. The van der Waals surface area contributed by atoms with Crippen LogP contribution in [0.1, 0.15) is 51.1 Å². The van der Waals surface area contributed by atoms with E-state index in [1.54, 1.807) is 0 Å². The van der Waals surface area contributed by atoms with E-state index in [0.29, 0.717) is 0 Å². The first kappa shape index (κ1) is 26.8. The number of hydrogen-bond donors (Lipinski definition) is 5. The van der Waals surface area contributed by atoms with Crippen molar-refractivity contribution in [1.29, 1.82) is 0 Å². The van der Waals surface area contributed by atoms with Crippen molar-refractivity contribution >= 4 is 39.4 Å². The second kappa shape index (κ2) is 9.87. The molecule has 0 saturated carbocycles. The molecular formula is C24H22N2O11S. The third-order valence-corrected chi connectivity index (χ3v) is 8.37. The van der Waals surface area contributed by atoms with Crippen LogP contribution < -0.4 is 5.32 Å². The SMILES string of the molecule is O=C(O)C[C@H](NC(=O)[C@@H]1CCCN(S(=O)(=O)c2cc3c(c(O)c2O)C(=O)c2ccccc2C3=O)C1)C(=O)O. The number of benzene rings is 2. The molecule has 0 radical (unpaired) electrons. The second-order valence-corrected chi connectivity index (χ2v) is 10.8. The van der Waals surface area contributed by atoms with E-state index in [4.69, 9.17) is 10.2 Å². The maximum absolute atomic E-state index is 13.5. The van der Waals surface area contributed by atoms with Crippen molar-refractivity contribution in [2.24, 2.45) is 5.92 Å². The number of carboxylic acids is 2. The van der Waals surface area contributed by atoms with Crippen molar-refractivity contribution in [3.8, 4) is 11.5 Å². The molecule has 0 unspecified atom stereocenters. The molecule has 0 aromatic heterocycles. The quantitative estimate of drug-likeness (QED) is 0.254. The Kier molecular flexibility index (Phi) is 6.95. The predicted molar refractivity (Wildman–Crippen MR) is 126 cm³/mol. The van der Waals surface area contributed by atoms with E-state index in [2.05, 4.69) is 5.32 Å². The number of carboxylic acid groups (broad SMARTS) is 2. The average Bonchev–Trinajstić information content (AvgIpc) is 2.88. The monoisotopic (exact) mass is 546 g/mol. The zero-order valence-corrected chi connectivity index (χ0v) is 20.4. The van der Waals surface area contributed by atoms with Gasteiger partial charge in [-0.2, -0.15) is 4.31 Å². The Morgan fingerprint density at radius 2 is 1.63 bits per heavy atom. The Balaban J connectivity index is 1.65. The average molecular weight is 547 g/mol. The van der Waals surface area contributed by atoms with E-state index in [1.165, 1.54) is 24.3 Å². The molecule has 2 atom stereocenters. The van der Waals surface area contributed by atoms with Gasteiger partial charge >= 0.3 is 11.9 Å². The lowest BCUT2D eigenvalue weighted by molar-refractivity contribution is -0.147. The molecule has 0 bridgehead atoms. The Morgan fingerprint density at radius 1 is 1.00 bits per heavy atom. The highest BCUT2D eigenvalue weighted by molar-refractivity contribution is 7.89. The second-order valence-electron chi connectivity index (χ2n) is 8.90. The number of amides is 1. The maximum Gasteiger partial charge on any atom is 0.326 e. The Morgan fingerprint density at radius 3 is 2.24 bits per heavy atom. The molecule has 2 aliphatic rings. The van der Waals surface area contributed by atoms with Gasteiger partial charge in [-0.25, -0.2) is 13.2 Å². The number of phenolic OH excluding ortho intramolecular Hbond substituents is 2. The van der Waals surface area contributed by atoms with Crippen molar-refractivity contribution in [1.82, 2.24) is 9.62 Å². The van der Waals surface area contributed by atoms with Crippen molar-refractivity contribution in [3.63, 3.8) is 0 Å². The normalized spacial score (nSPS) is 18.3. The van der Waals surface area contributed by atoms with Crippen LogP contribution in [0.5, 0.6) is 11.5 Å². The topological polar surface area (TPSA) is 216 Å². The molecule has 1 aliphatic heterocycles. The van der Waals surface area contributed by atoms with Crippen LogP contribution in [0, 0.1) is 5.92 Å². The molecule has 5 N–H and O–H groups in total. The van der Waals surface area contributed by atoms with E-state index >= 15 is 0 Å². The fourth-order valence-electron chi connectivity index (χ4n) is 4.58. The number of rotatable bonds is 7. The number of piperidine rings is 1. The zero-order valence-electron chi connectivity index (χ0n) is 19.6. The fraction of sp³-hybridized carbons (Fsp3) is 0.292. The molecule has 2 aromatic rings. The largest absolute Gasteiger partial charge is 0.504 e. The van der Waals surface area contributed by atoms with E-state index in [-0.39, 0.29) is 30.5 Å². The number of ketones is 2. The minimum absolute atomic E-state index is 0.00231. The van der Waals surface area contributed by atoms with Crippen molar-refractivity contribution in [2.75, 3.05) is 13.1 Å². The van der Waals surface area contributed by atoms with Crippen LogP contribution in [0.15, 0.2) is 35.2 Å². The summed E-state index contributed by atoms with van der Waals surface area (Å²) in [5, 5.41) is 41.3. The van der Waals surface area contributed by atoms with Gasteiger partial charge in [-0.05, 0) is 18.9 Å². The predicted octanol–water partition coefficient (Wildman–Crippen LogP) is 0.318. The number of nitrogens with zero attached hydrogens (tertiary/aromatic N) is 1. The van der Waals surface area contributed by atoms with Gasteiger partial charge in [-0.15, -0.1) is 0 Å². The first-order valence-corrected chi connectivity index (χ1v) is 12.8. The van der Waals surface area contributed by atoms with Gasteiger partial charge in [0.1, 0.15) is 10.9 Å². The van der Waals surface area contributed by atoms with Crippen LogP contribution in [-0.2, 0) is 24.4 Å². The van der Waals surface area contributed by atoms with E-state index in [1.807, 2.05) is 0 Å². The number of carbonyl (C=O) groups is 5. The molecule has 14 heteroatoms. The molecule has 1 saturated heterocycles. The van der Waals surface area contributed by atoms with E-state index in [0.717, 1.165) is 10.4 Å². The maximum atomic E-state index is 13.5. The molecule has 200 valence electrons. The van der Waals surface area contributed by atoms with E-state index < -0.39 is 91.9 Å². The number of aliphatic carboxylic acids is 2. The summed E-state index contributed by atoms with van der Waals surface area (Å²) in [6.45, 7) is -0.544. The molecule has 2 aromatic carbocycles. The zero-order chi connectivity index (χ0) is 27.9. The molecule has 4 rings (SSSR count). The van der Waals surface area contributed by atoms with Crippen molar-refractivity contribution < 1.29 is 52.8 Å². The molecule has 13 nitrogen and oxygen atoms in total. The standard InChI is InChI=1S/C24H22N2O11S/c27-17(28)9-15(24(34)35)25-23(33)11-4-3-7-26(10-11)38(36,37)16-8-14-18(22(32)21(16)31)20(30)13-6-2-1-5-12(13)19(14)29/h1-2,5-6,8,11,15,31-32H,3-4,7,9-10H2,(H,25,33)(H,27,28)(H,34,35)/t11-,15+/m1/s1. The van der Waals surface area contributed by atoms with E-state index in [9.17, 15) is 42.6 Å². The number of sulfonamides is 1. The number of fused-ring (bicyclic) bond motifs is 2. The summed E-state index contributed by atoms with van der Waals surface area (Å²) in [5.41, 5.74) is -0.948. The summed E-state index contributed by atoms with van der Waals surface area (Å²) < 4.78 is 27.8. The molecule has 1 aliphatic carbocycles. The van der Waals surface area contributed by atoms with Gasteiger partial charge in [0.15, 0.2) is 23.1 Å². The molecule has 1 amide bonds. The molecule has 1 heterocycles. The highest BCUT2D eigenvalue weighted by Crippen LogP contribution is 2.43. The minimum Gasteiger partial charge on any atom is -0.504 e. The van der Waals surface area contributed by atoms with Crippen LogP contribution in [0.3, 0.4) is 0 Å². The summed E-state index contributed by atoms with van der Waals surface area (Å²) in [6.07, 6.45) is -0.549. The van der Waals surface area contributed by atoms with Gasteiger partial charge in [0.25, 0.3) is 0 Å². The van der Waals surface area contributed by atoms with Gasteiger partial charge in [0, 0.05) is 29.8 Å². The van der Waals surface area contributed by atoms with Crippen LogP contribution in [0.25, 0.3) is 0 Å². The molecule has 0 spiro atoms. The Labute approximate surface area is 215 Å². The van der Waals surface area contributed by atoms with Crippen LogP contribution in [0.4, 0.5) is 0 Å². The number of carbonyl (C=O) groups excluding carboxylic acids is 3. The Bertz CT molecular complexity index is 1500. The summed E-state index contributed by atoms with van der Waals surface area (Å²) in [4.78, 5) is 59.9. The number of phenols is 2. The molecule has 1 fully saturated rings. The third kappa shape index (κ3) is 4.59. The van der Waals surface area contributed by atoms with Gasteiger partial charge in [0.05, 0.1) is 17.9 Å². The Hall–Kier alpha value is -4.30. The fourth-order valence-corrected chi connectivity index (χ4v) is 6.21. The van der Waals surface area contributed by atoms with Crippen LogP contribution >= 0.6 is 0 Å². The summed E-state index contributed by atoms with van der Waals surface area (Å²) in [7, 11) is -4.63. The van der Waals surface area contributed by atoms with Crippen molar-refractivity contribution in [3.05, 3.63) is 52.6 Å². The van der Waals surface area contributed by atoms with Gasteiger partial charge in [0.2, 0.25) is 15.9 Å². The first-order valence-electron chi connectivity index (χ1n) is 11.4. The van der Waals surface area contributed by atoms with Crippen LogP contribution in [0.2, 0.25) is 0 Å². The number of nitrogens with one attached hydrogen (secondary N) is 1. The minimum atomic E-state index is -4.63. The van der Waals surface area contributed by atoms with Crippen molar-refractivity contribution in [2.45, 2.75) is 30.2 Å². The third-order valence-electron chi connectivity index (χ3n) is 6.49. The lowest BCUT2D eigenvalue weighted by Crippen LogP contribution is -2.49. The lowest BCUT2D eigenvalue weighted by Gasteiger charge is -2.32. The number of hydrogen-bond acceptors (Lipinski definition) is 9. The lowest BCUT2D eigenvalue weighted by atomic mass is 9.83. The highest BCUT2D eigenvalue weighted by Gasteiger charge is 2.40. The van der Waals surface area contributed by atoms with Gasteiger partial charge in [-0.3, -0.25) is 19.2 Å². The molecule has 38 heavy (non-hydrogen) atoms. The van der Waals surface area contributed by atoms with Crippen LogP contribution in [-0.4, -0.2) is 81.7 Å². The number of aromatic hydroxyl groups is 2. The van der Waals surface area contributed by atoms with Gasteiger partial charge in [-0.1, -0.05) is 24.3 Å². The highest BCUT2D eigenvalue weighted by atomic mass is 32.2. The summed E-state index contributed by atoms with van der Waals surface area (Å²) in [6, 6.07) is 4.85. The first-order chi connectivity index (χ1) is 17.8. The summed E-state index contributed by atoms with van der Waals surface area (Å²) in [5.74, 6) is -8.64. The summed E-state index contributed by atoms with van der Waals surface area (Å²) >= 11 is 0. The van der Waals surface area contributed by atoms with Gasteiger partial charge < -0.3 is 25.7 Å². The molecular weight excluding hydrogens is 524 g/mol.